The maximum absolute atomic E-state index is 13.7. The van der Waals surface area contributed by atoms with Gasteiger partial charge in [0.2, 0.25) is 5.43 Å². The molecule has 0 saturated heterocycles. The molecule has 0 unspecified atom stereocenters. The normalized spacial score (nSPS) is 14.0. The van der Waals surface area contributed by atoms with Gasteiger partial charge in [0, 0.05) is 17.6 Å². The number of carbonyl (C=O) groups excluding carboxylic acids is 1. The number of ether oxygens (including phenoxy) is 1. The summed E-state index contributed by atoms with van der Waals surface area (Å²) in [5.41, 5.74) is 0.761. The van der Waals surface area contributed by atoms with E-state index in [0.29, 0.717) is 24.2 Å². The number of benzene rings is 1. The number of halogens is 2. The molecule has 0 bridgehead atoms. The third-order valence-electron chi connectivity index (χ3n) is 3.94. The van der Waals surface area contributed by atoms with Crippen LogP contribution in [0.1, 0.15) is 35.8 Å². The lowest BCUT2D eigenvalue weighted by Gasteiger charge is -2.23. The first-order chi connectivity index (χ1) is 10.5. The lowest BCUT2D eigenvalue weighted by molar-refractivity contribution is 0.0522. The fraction of sp³-hybridized carbons (Fsp3) is 0.375. The number of rotatable bonds is 2. The summed E-state index contributed by atoms with van der Waals surface area (Å²) in [4.78, 5) is 24.8. The fourth-order valence-corrected chi connectivity index (χ4v) is 3.14. The van der Waals surface area contributed by atoms with E-state index in [-0.39, 0.29) is 22.6 Å². The number of hydrogen-bond donors (Lipinski definition) is 0. The van der Waals surface area contributed by atoms with Crippen LogP contribution in [-0.2, 0) is 17.7 Å². The second-order valence-electron chi connectivity index (χ2n) is 5.26. The summed E-state index contributed by atoms with van der Waals surface area (Å²) in [7, 11) is 0. The third kappa shape index (κ3) is 2.29. The number of aryl methyl sites for hydroxylation is 1. The number of carbonyl (C=O) groups is 1. The molecular formula is C16H15ClFNO3. The van der Waals surface area contributed by atoms with Crippen molar-refractivity contribution in [2.45, 2.75) is 32.7 Å². The molecular weight excluding hydrogens is 309 g/mol. The molecule has 0 atom stereocenters. The average Bonchev–Trinajstić information content (AvgIpc) is 2.50. The van der Waals surface area contributed by atoms with Gasteiger partial charge >= 0.3 is 5.97 Å². The second-order valence-corrected chi connectivity index (χ2v) is 5.67. The van der Waals surface area contributed by atoms with Crippen molar-refractivity contribution in [2.24, 2.45) is 0 Å². The lowest BCUT2D eigenvalue weighted by atomic mass is 9.99. The van der Waals surface area contributed by atoms with Crippen LogP contribution in [-0.4, -0.2) is 17.1 Å². The van der Waals surface area contributed by atoms with Crippen LogP contribution in [0.15, 0.2) is 16.9 Å². The Bertz CT molecular complexity index is 828. The first-order valence-corrected chi connectivity index (χ1v) is 7.64. The van der Waals surface area contributed by atoms with Crippen LogP contribution in [0.2, 0.25) is 5.02 Å². The molecule has 6 heteroatoms. The molecule has 0 N–H and O–H groups in total. The van der Waals surface area contributed by atoms with Crippen LogP contribution in [0, 0.1) is 5.82 Å². The molecule has 0 amide bonds. The molecule has 116 valence electrons. The Balaban J connectivity index is 2.41. The molecule has 22 heavy (non-hydrogen) atoms. The number of nitrogens with zero attached hydrogens (tertiary/aromatic N) is 1. The lowest BCUT2D eigenvalue weighted by Crippen LogP contribution is -2.28. The zero-order chi connectivity index (χ0) is 15.9. The van der Waals surface area contributed by atoms with Crippen molar-refractivity contribution in [3.63, 3.8) is 0 Å². The molecule has 1 aromatic carbocycles. The maximum Gasteiger partial charge on any atom is 0.343 e. The van der Waals surface area contributed by atoms with Crippen LogP contribution in [0.25, 0.3) is 10.9 Å². The van der Waals surface area contributed by atoms with Crippen molar-refractivity contribution in [2.75, 3.05) is 6.61 Å². The minimum Gasteiger partial charge on any atom is -0.462 e. The highest BCUT2D eigenvalue weighted by atomic mass is 35.5. The standard InChI is InChI=1S/C16H15ClFNO3/c1-2-22-16(21)14-12-5-3-4-6-19(12)13-8-10(17)11(18)7-9(13)15(14)20/h7-8H,2-6H2,1H3. The van der Waals surface area contributed by atoms with E-state index in [1.165, 1.54) is 6.07 Å². The number of fused-ring (bicyclic) bond motifs is 3. The van der Waals surface area contributed by atoms with Gasteiger partial charge < -0.3 is 9.30 Å². The summed E-state index contributed by atoms with van der Waals surface area (Å²) in [6, 6.07) is 2.56. The van der Waals surface area contributed by atoms with E-state index in [0.717, 1.165) is 18.9 Å². The van der Waals surface area contributed by atoms with E-state index in [1.807, 2.05) is 4.57 Å². The van der Waals surface area contributed by atoms with Crippen LogP contribution in [0.3, 0.4) is 0 Å². The fourth-order valence-electron chi connectivity index (χ4n) is 2.98. The van der Waals surface area contributed by atoms with Gasteiger partial charge in [0.25, 0.3) is 0 Å². The summed E-state index contributed by atoms with van der Waals surface area (Å²) >= 11 is 5.85. The predicted octanol–water partition coefficient (Wildman–Crippen LogP) is 3.31. The molecule has 0 spiro atoms. The van der Waals surface area contributed by atoms with Crippen LogP contribution < -0.4 is 5.43 Å². The summed E-state index contributed by atoms with van der Waals surface area (Å²) in [6.45, 7) is 2.54. The second kappa shape index (κ2) is 5.72. The Morgan fingerprint density at radius 2 is 2.18 bits per heavy atom. The van der Waals surface area contributed by atoms with E-state index in [2.05, 4.69) is 0 Å². The third-order valence-corrected chi connectivity index (χ3v) is 4.23. The van der Waals surface area contributed by atoms with Crippen molar-refractivity contribution in [1.82, 2.24) is 4.57 Å². The molecule has 2 aromatic rings. The number of aromatic nitrogens is 1. The van der Waals surface area contributed by atoms with Gasteiger partial charge in [0.15, 0.2) is 0 Å². The molecule has 0 saturated carbocycles. The molecule has 0 fully saturated rings. The van der Waals surface area contributed by atoms with E-state index in [4.69, 9.17) is 16.3 Å². The Hall–Kier alpha value is -1.88. The number of esters is 1. The zero-order valence-electron chi connectivity index (χ0n) is 12.1. The Labute approximate surface area is 131 Å². The molecule has 1 aliphatic heterocycles. The molecule has 0 radical (unpaired) electrons. The van der Waals surface area contributed by atoms with Crippen LogP contribution >= 0.6 is 11.6 Å². The quantitative estimate of drug-likeness (QED) is 0.797. The van der Waals surface area contributed by atoms with Gasteiger partial charge in [0.1, 0.15) is 11.4 Å². The minimum atomic E-state index is -0.669. The van der Waals surface area contributed by atoms with Gasteiger partial charge in [-0.3, -0.25) is 4.79 Å². The SMILES string of the molecule is CCOC(=O)c1c2n(c3cc(Cl)c(F)cc3c1=O)CCCC2. The predicted molar refractivity (Wildman–Crippen MR) is 82.1 cm³/mol. The van der Waals surface area contributed by atoms with Gasteiger partial charge in [0.05, 0.1) is 17.1 Å². The Morgan fingerprint density at radius 3 is 2.91 bits per heavy atom. The zero-order valence-corrected chi connectivity index (χ0v) is 12.9. The van der Waals surface area contributed by atoms with Gasteiger partial charge in [-0.15, -0.1) is 0 Å². The molecule has 1 aliphatic rings. The van der Waals surface area contributed by atoms with E-state index >= 15 is 0 Å². The van der Waals surface area contributed by atoms with Crippen LogP contribution in [0.4, 0.5) is 4.39 Å². The van der Waals surface area contributed by atoms with E-state index in [1.54, 1.807) is 6.92 Å². The van der Waals surface area contributed by atoms with Gasteiger partial charge in [-0.2, -0.15) is 0 Å². The smallest absolute Gasteiger partial charge is 0.343 e. The summed E-state index contributed by atoms with van der Waals surface area (Å²) in [5.74, 6) is -1.31. The summed E-state index contributed by atoms with van der Waals surface area (Å²) in [5, 5.41) is 0.131. The van der Waals surface area contributed by atoms with E-state index in [9.17, 15) is 14.0 Å². The Kier molecular flexibility index (Phi) is 3.91. The number of hydrogen-bond acceptors (Lipinski definition) is 3. The van der Waals surface area contributed by atoms with Crippen molar-refractivity contribution >= 4 is 28.5 Å². The topological polar surface area (TPSA) is 48.3 Å². The highest BCUT2D eigenvalue weighted by molar-refractivity contribution is 6.31. The molecule has 3 rings (SSSR count). The monoisotopic (exact) mass is 323 g/mol. The molecule has 0 aliphatic carbocycles. The van der Waals surface area contributed by atoms with Crippen LogP contribution in [0.5, 0.6) is 0 Å². The van der Waals surface area contributed by atoms with Crippen molar-refractivity contribution in [3.8, 4) is 0 Å². The minimum absolute atomic E-state index is 0.0239. The van der Waals surface area contributed by atoms with Crippen molar-refractivity contribution in [1.29, 1.82) is 0 Å². The number of pyridine rings is 1. The maximum atomic E-state index is 13.7. The summed E-state index contributed by atoms with van der Waals surface area (Å²) < 4.78 is 20.6. The highest BCUT2D eigenvalue weighted by Gasteiger charge is 2.25. The Morgan fingerprint density at radius 1 is 1.41 bits per heavy atom. The average molecular weight is 324 g/mol. The largest absolute Gasteiger partial charge is 0.462 e. The molecule has 1 aromatic heterocycles. The molecule has 2 heterocycles. The first-order valence-electron chi connectivity index (χ1n) is 7.26. The van der Waals surface area contributed by atoms with Gasteiger partial charge in [-0.1, -0.05) is 11.6 Å². The van der Waals surface area contributed by atoms with Gasteiger partial charge in [-0.25, -0.2) is 9.18 Å². The highest BCUT2D eigenvalue weighted by Crippen LogP contribution is 2.27. The van der Waals surface area contributed by atoms with Crippen molar-refractivity contribution in [3.05, 3.63) is 44.5 Å². The molecule has 4 nitrogen and oxygen atoms in total. The van der Waals surface area contributed by atoms with E-state index < -0.39 is 17.2 Å². The van der Waals surface area contributed by atoms with Crippen molar-refractivity contribution < 1.29 is 13.9 Å². The van der Waals surface area contributed by atoms with Gasteiger partial charge in [-0.05, 0) is 38.3 Å². The first kappa shape index (κ1) is 15.0. The summed E-state index contributed by atoms with van der Waals surface area (Å²) in [6.07, 6.45) is 2.45.